The third kappa shape index (κ3) is 5.35. The van der Waals surface area contributed by atoms with E-state index in [1.54, 1.807) is 55.6 Å². The first-order valence-corrected chi connectivity index (χ1v) is 8.51. The molecular weight excluding hydrogens is 316 g/mol. The summed E-state index contributed by atoms with van der Waals surface area (Å²) in [7, 11) is 1.56. The van der Waals surface area contributed by atoms with Crippen molar-refractivity contribution in [3.05, 3.63) is 59.7 Å². The zero-order valence-electron chi connectivity index (χ0n) is 14.7. The lowest BCUT2D eigenvalue weighted by atomic mass is 10.1. The molecule has 5 nitrogen and oxygen atoms in total. The number of amides is 2. The Balaban J connectivity index is 2.01. The molecule has 0 bridgehead atoms. The fourth-order valence-corrected chi connectivity index (χ4v) is 2.36. The van der Waals surface area contributed by atoms with Gasteiger partial charge in [-0.2, -0.15) is 0 Å². The SMILES string of the molecule is CCCCCOc1ccc(C(=O)Nc2ccccc2C(=O)NC)cc1. The Hall–Kier alpha value is -2.82. The second-order valence-corrected chi connectivity index (χ2v) is 5.66. The molecule has 0 fully saturated rings. The molecular formula is C20H24N2O3. The number of hydrogen-bond donors (Lipinski definition) is 2. The number of anilines is 1. The second-order valence-electron chi connectivity index (χ2n) is 5.66. The van der Waals surface area contributed by atoms with E-state index in [9.17, 15) is 9.59 Å². The third-order valence-corrected chi connectivity index (χ3v) is 3.78. The summed E-state index contributed by atoms with van der Waals surface area (Å²) < 4.78 is 5.64. The standard InChI is InChI=1S/C20H24N2O3/c1-3-4-7-14-25-16-12-10-15(11-13-16)19(23)22-18-9-6-5-8-17(18)20(24)21-2/h5-6,8-13H,3-4,7,14H2,1-2H3,(H,21,24)(H,22,23). The van der Waals surface area contributed by atoms with Crippen molar-refractivity contribution in [2.45, 2.75) is 26.2 Å². The first kappa shape index (κ1) is 18.5. The highest BCUT2D eigenvalue weighted by molar-refractivity contribution is 6.08. The van der Waals surface area contributed by atoms with Crippen LogP contribution in [0.1, 0.15) is 46.9 Å². The molecule has 2 aromatic carbocycles. The molecule has 5 heteroatoms. The number of rotatable bonds is 8. The number of benzene rings is 2. The maximum atomic E-state index is 12.4. The Bertz CT molecular complexity index is 711. The van der Waals surface area contributed by atoms with E-state index in [-0.39, 0.29) is 11.8 Å². The van der Waals surface area contributed by atoms with Crippen LogP contribution < -0.4 is 15.4 Å². The van der Waals surface area contributed by atoms with E-state index in [4.69, 9.17) is 4.74 Å². The van der Waals surface area contributed by atoms with Crippen LogP contribution in [0.5, 0.6) is 5.75 Å². The van der Waals surface area contributed by atoms with Gasteiger partial charge in [0.15, 0.2) is 0 Å². The van der Waals surface area contributed by atoms with Gasteiger partial charge < -0.3 is 15.4 Å². The summed E-state index contributed by atoms with van der Waals surface area (Å²) in [6.45, 7) is 2.83. The molecule has 0 aliphatic rings. The molecule has 0 unspecified atom stereocenters. The summed E-state index contributed by atoms with van der Waals surface area (Å²) in [5, 5.41) is 5.34. The summed E-state index contributed by atoms with van der Waals surface area (Å²) >= 11 is 0. The van der Waals surface area contributed by atoms with E-state index in [0.29, 0.717) is 23.4 Å². The summed E-state index contributed by atoms with van der Waals surface area (Å²) in [5.41, 5.74) is 1.41. The zero-order valence-corrected chi connectivity index (χ0v) is 14.7. The van der Waals surface area contributed by atoms with Crippen LogP contribution in [0.3, 0.4) is 0 Å². The van der Waals surface area contributed by atoms with Crippen molar-refractivity contribution in [2.75, 3.05) is 19.0 Å². The fourth-order valence-electron chi connectivity index (χ4n) is 2.36. The molecule has 0 saturated carbocycles. The van der Waals surface area contributed by atoms with Gasteiger partial charge in [0.1, 0.15) is 5.75 Å². The van der Waals surface area contributed by atoms with Crippen molar-refractivity contribution in [3.63, 3.8) is 0 Å². The van der Waals surface area contributed by atoms with Crippen LogP contribution in [0.4, 0.5) is 5.69 Å². The van der Waals surface area contributed by atoms with Gasteiger partial charge in [-0.3, -0.25) is 9.59 Å². The number of carbonyl (C=O) groups excluding carboxylic acids is 2. The van der Waals surface area contributed by atoms with Crippen LogP contribution in [0.25, 0.3) is 0 Å². The Labute approximate surface area is 148 Å². The molecule has 0 saturated heterocycles. The third-order valence-electron chi connectivity index (χ3n) is 3.78. The molecule has 2 amide bonds. The van der Waals surface area contributed by atoms with Crippen LogP contribution in [0, 0.1) is 0 Å². The summed E-state index contributed by atoms with van der Waals surface area (Å²) in [4.78, 5) is 24.3. The maximum absolute atomic E-state index is 12.4. The van der Waals surface area contributed by atoms with Crippen molar-refractivity contribution >= 4 is 17.5 Å². The largest absolute Gasteiger partial charge is 0.494 e. The topological polar surface area (TPSA) is 67.4 Å². The lowest BCUT2D eigenvalue weighted by Crippen LogP contribution is -2.21. The van der Waals surface area contributed by atoms with Gasteiger partial charge in [0, 0.05) is 12.6 Å². The molecule has 0 spiro atoms. The first-order valence-electron chi connectivity index (χ1n) is 8.51. The minimum atomic E-state index is -0.270. The van der Waals surface area contributed by atoms with E-state index in [2.05, 4.69) is 17.6 Å². The molecule has 2 rings (SSSR count). The minimum Gasteiger partial charge on any atom is -0.494 e. The van der Waals surface area contributed by atoms with E-state index < -0.39 is 0 Å². The van der Waals surface area contributed by atoms with Gasteiger partial charge in [-0.25, -0.2) is 0 Å². The number of para-hydroxylation sites is 1. The normalized spacial score (nSPS) is 10.2. The monoisotopic (exact) mass is 340 g/mol. The second kappa shape index (κ2) is 9.47. The van der Waals surface area contributed by atoms with Crippen molar-refractivity contribution in [2.24, 2.45) is 0 Å². The highest BCUT2D eigenvalue weighted by atomic mass is 16.5. The Morgan fingerprint density at radius 2 is 1.68 bits per heavy atom. The summed E-state index contributed by atoms with van der Waals surface area (Å²) in [6, 6.07) is 13.9. The Morgan fingerprint density at radius 3 is 2.36 bits per heavy atom. The maximum Gasteiger partial charge on any atom is 0.255 e. The average Bonchev–Trinajstić information content (AvgIpc) is 2.65. The predicted octanol–water partition coefficient (Wildman–Crippen LogP) is 3.87. The number of hydrogen-bond acceptors (Lipinski definition) is 3. The number of carbonyl (C=O) groups is 2. The lowest BCUT2D eigenvalue weighted by molar-refractivity contribution is 0.0964. The average molecular weight is 340 g/mol. The molecule has 2 aromatic rings. The predicted molar refractivity (Wildman–Crippen MR) is 99.2 cm³/mol. The van der Waals surface area contributed by atoms with Crippen molar-refractivity contribution < 1.29 is 14.3 Å². The fraction of sp³-hybridized carbons (Fsp3) is 0.300. The summed E-state index contributed by atoms with van der Waals surface area (Å²) in [5.74, 6) is 0.235. The lowest BCUT2D eigenvalue weighted by Gasteiger charge is -2.11. The Morgan fingerprint density at radius 1 is 0.960 bits per heavy atom. The van der Waals surface area contributed by atoms with Gasteiger partial charge in [-0.1, -0.05) is 31.9 Å². The highest BCUT2D eigenvalue weighted by Gasteiger charge is 2.13. The molecule has 0 aromatic heterocycles. The van der Waals surface area contributed by atoms with Crippen LogP contribution in [0.2, 0.25) is 0 Å². The van der Waals surface area contributed by atoms with Gasteiger partial charge in [0.2, 0.25) is 0 Å². The smallest absolute Gasteiger partial charge is 0.255 e. The number of unbranched alkanes of at least 4 members (excludes halogenated alkanes) is 2. The van der Waals surface area contributed by atoms with Crippen molar-refractivity contribution in [1.29, 1.82) is 0 Å². The van der Waals surface area contributed by atoms with Crippen molar-refractivity contribution in [3.8, 4) is 5.75 Å². The van der Waals surface area contributed by atoms with Gasteiger partial charge in [0.05, 0.1) is 17.9 Å². The Kier molecular flexibility index (Phi) is 7.01. The molecule has 0 heterocycles. The molecule has 0 atom stereocenters. The van der Waals surface area contributed by atoms with E-state index in [1.165, 1.54) is 0 Å². The van der Waals surface area contributed by atoms with E-state index >= 15 is 0 Å². The number of ether oxygens (including phenoxy) is 1. The zero-order chi connectivity index (χ0) is 18.1. The van der Waals surface area contributed by atoms with Crippen LogP contribution in [-0.2, 0) is 0 Å². The van der Waals surface area contributed by atoms with Crippen LogP contribution in [-0.4, -0.2) is 25.5 Å². The molecule has 0 aliphatic carbocycles. The first-order chi connectivity index (χ1) is 12.2. The van der Waals surface area contributed by atoms with E-state index in [1.807, 2.05) is 0 Å². The number of nitrogens with one attached hydrogen (secondary N) is 2. The van der Waals surface area contributed by atoms with Gasteiger partial charge in [0.25, 0.3) is 11.8 Å². The molecule has 2 N–H and O–H groups in total. The minimum absolute atomic E-state index is 0.244. The van der Waals surface area contributed by atoms with Gasteiger partial charge >= 0.3 is 0 Å². The van der Waals surface area contributed by atoms with Gasteiger partial charge in [-0.15, -0.1) is 0 Å². The van der Waals surface area contributed by atoms with Gasteiger partial charge in [-0.05, 0) is 42.8 Å². The molecule has 0 aliphatic heterocycles. The van der Waals surface area contributed by atoms with E-state index in [0.717, 1.165) is 25.0 Å². The van der Waals surface area contributed by atoms with Crippen LogP contribution >= 0.6 is 0 Å². The molecule has 132 valence electrons. The quantitative estimate of drug-likeness (QED) is 0.717. The summed E-state index contributed by atoms with van der Waals surface area (Å²) in [6.07, 6.45) is 3.32. The van der Waals surface area contributed by atoms with Crippen molar-refractivity contribution in [1.82, 2.24) is 5.32 Å². The highest BCUT2D eigenvalue weighted by Crippen LogP contribution is 2.18. The molecule has 0 radical (unpaired) electrons. The molecule has 25 heavy (non-hydrogen) atoms. The van der Waals surface area contributed by atoms with Crippen LogP contribution in [0.15, 0.2) is 48.5 Å².